The SMILES string of the molecule is Cc1ccc(C=C2SC(=S)N(c3cccc(C(=O)O)c3)C2=O)cc1. The zero-order valence-corrected chi connectivity index (χ0v) is 14.4. The lowest BCUT2D eigenvalue weighted by Crippen LogP contribution is -2.27. The number of hydrogen-bond acceptors (Lipinski definition) is 4. The third-order valence-corrected chi connectivity index (χ3v) is 4.82. The van der Waals surface area contributed by atoms with Crippen LogP contribution in [0.4, 0.5) is 5.69 Å². The molecule has 4 nitrogen and oxygen atoms in total. The van der Waals surface area contributed by atoms with Crippen molar-refractivity contribution in [2.45, 2.75) is 6.92 Å². The second-order valence-electron chi connectivity index (χ2n) is 5.28. The Bertz CT molecular complexity index is 872. The summed E-state index contributed by atoms with van der Waals surface area (Å²) in [6, 6.07) is 14.0. The number of amides is 1. The molecule has 0 unspecified atom stereocenters. The molecule has 3 rings (SSSR count). The zero-order chi connectivity index (χ0) is 17.3. The summed E-state index contributed by atoms with van der Waals surface area (Å²) in [5, 5.41) is 9.10. The van der Waals surface area contributed by atoms with Gasteiger partial charge in [0.15, 0.2) is 4.32 Å². The minimum Gasteiger partial charge on any atom is -0.478 e. The van der Waals surface area contributed by atoms with Crippen LogP contribution in [0.2, 0.25) is 0 Å². The summed E-state index contributed by atoms with van der Waals surface area (Å²) < 4.78 is 0.390. The Morgan fingerprint density at radius 1 is 1.21 bits per heavy atom. The van der Waals surface area contributed by atoms with Gasteiger partial charge in [0.05, 0.1) is 16.2 Å². The van der Waals surface area contributed by atoms with Gasteiger partial charge in [-0.25, -0.2) is 4.79 Å². The molecule has 0 saturated carbocycles. The van der Waals surface area contributed by atoms with Gasteiger partial charge in [-0.2, -0.15) is 0 Å². The summed E-state index contributed by atoms with van der Waals surface area (Å²) in [6.07, 6.45) is 1.79. The van der Waals surface area contributed by atoms with Gasteiger partial charge in [0, 0.05) is 0 Å². The Balaban J connectivity index is 1.93. The molecule has 0 spiro atoms. The molecular weight excluding hydrogens is 342 g/mol. The number of anilines is 1. The van der Waals surface area contributed by atoms with Crippen molar-refractivity contribution in [3.8, 4) is 0 Å². The van der Waals surface area contributed by atoms with E-state index in [1.54, 1.807) is 18.2 Å². The third kappa shape index (κ3) is 3.25. The van der Waals surface area contributed by atoms with Crippen molar-refractivity contribution < 1.29 is 14.7 Å². The second kappa shape index (κ2) is 6.59. The van der Waals surface area contributed by atoms with Crippen LogP contribution in [0.5, 0.6) is 0 Å². The smallest absolute Gasteiger partial charge is 0.335 e. The van der Waals surface area contributed by atoms with Crippen LogP contribution in [-0.4, -0.2) is 21.3 Å². The number of aromatic carboxylic acids is 1. The Labute approximate surface area is 148 Å². The molecule has 6 heteroatoms. The fraction of sp³-hybridized carbons (Fsp3) is 0.0556. The van der Waals surface area contributed by atoms with E-state index in [0.717, 1.165) is 11.1 Å². The van der Waals surface area contributed by atoms with Crippen LogP contribution >= 0.6 is 24.0 Å². The van der Waals surface area contributed by atoms with E-state index in [1.165, 1.54) is 28.8 Å². The fourth-order valence-corrected chi connectivity index (χ4v) is 3.58. The van der Waals surface area contributed by atoms with Gasteiger partial charge in [-0.3, -0.25) is 9.69 Å². The number of rotatable bonds is 3. The summed E-state index contributed by atoms with van der Waals surface area (Å²) in [5.41, 5.74) is 2.64. The van der Waals surface area contributed by atoms with Crippen LogP contribution in [0.1, 0.15) is 21.5 Å². The first-order valence-electron chi connectivity index (χ1n) is 7.14. The average Bonchev–Trinajstić information content (AvgIpc) is 2.83. The lowest BCUT2D eigenvalue weighted by atomic mass is 10.1. The van der Waals surface area contributed by atoms with Gasteiger partial charge >= 0.3 is 5.97 Å². The first-order chi connectivity index (χ1) is 11.5. The fourth-order valence-electron chi connectivity index (χ4n) is 2.28. The molecule has 0 aliphatic carbocycles. The van der Waals surface area contributed by atoms with E-state index in [1.807, 2.05) is 31.2 Å². The highest BCUT2D eigenvalue weighted by atomic mass is 32.2. The summed E-state index contributed by atoms with van der Waals surface area (Å²) >= 11 is 6.51. The van der Waals surface area contributed by atoms with Gasteiger partial charge < -0.3 is 5.11 Å². The van der Waals surface area contributed by atoms with Crippen molar-refractivity contribution in [2.24, 2.45) is 0 Å². The molecule has 2 aromatic rings. The first kappa shape index (κ1) is 16.4. The molecule has 1 saturated heterocycles. The number of carboxylic acid groups (broad SMARTS) is 1. The van der Waals surface area contributed by atoms with Crippen LogP contribution in [0.3, 0.4) is 0 Å². The molecule has 1 aliphatic heterocycles. The summed E-state index contributed by atoms with van der Waals surface area (Å²) in [6.45, 7) is 2.00. The molecule has 1 N–H and O–H groups in total. The van der Waals surface area contributed by atoms with Crippen molar-refractivity contribution in [1.29, 1.82) is 0 Å². The topological polar surface area (TPSA) is 57.6 Å². The highest BCUT2D eigenvalue weighted by Gasteiger charge is 2.33. The van der Waals surface area contributed by atoms with E-state index in [2.05, 4.69) is 0 Å². The molecule has 0 aromatic heterocycles. The number of thiocarbonyl (C=S) groups is 1. The number of aryl methyl sites for hydroxylation is 1. The van der Waals surface area contributed by atoms with Crippen molar-refractivity contribution in [3.05, 3.63) is 70.1 Å². The largest absolute Gasteiger partial charge is 0.478 e. The number of carboxylic acids is 1. The van der Waals surface area contributed by atoms with Crippen molar-refractivity contribution in [3.63, 3.8) is 0 Å². The van der Waals surface area contributed by atoms with Crippen LogP contribution in [0, 0.1) is 6.92 Å². The Morgan fingerprint density at radius 3 is 2.58 bits per heavy atom. The minimum absolute atomic E-state index is 0.115. The van der Waals surface area contributed by atoms with Crippen molar-refractivity contribution in [2.75, 3.05) is 4.90 Å². The molecule has 1 heterocycles. The second-order valence-corrected chi connectivity index (χ2v) is 6.96. The Kier molecular flexibility index (Phi) is 4.51. The number of hydrogen-bond donors (Lipinski definition) is 1. The monoisotopic (exact) mass is 355 g/mol. The van der Waals surface area contributed by atoms with E-state index in [9.17, 15) is 9.59 Å². The average molecular weight is 355 g/mol. The maximum Gasteiger partial charge on any atom is 0.335 e. The van der Waals surface area contributed by atoms with Crippen molar-refractivity contribution >= 4 is 51.9 Å². The van der Waals surface area contributed by atoms with E-state index in [0.29, 0.717) is 14.9 Å². The molecule has 0 bridgehead atoms. The molecule has 0 radical (unpaired) electrons. The van der Waals surface area contributed by atoms with Gasteiger partial charge in [0.25, 0.3) is 5.91 Å². The highest BCUT2D eigenvalue weighted by molar-refractivity contribution is 8.27. The van der Waals surface area contributed by atoms with E-state index >= 15 is 0 Å². The van der Waals surface area contributed by atoms with Crippen LogP contribution < -0.4 is 4.90 Å². The molecule has 120 valence electrons. The zero-order valence-electron chi connectivity index (χ0n) is 12.7. The van der Waals surface area contributed by atoms with Gasteiger partial charge in [0.1, 0.15) is 0 Å². The molecule has 1 aliphatic rings. The van der Waals surface area contributed by atoms with Crippen LogP contribution in [0.25, 0.3) is 6.08 Å². The maximum absolute atomic E-state index is 12.7. The maximum atomic E-state index is 12.7. The molecule has 1 fully saturated rings. The van der Waals surface area contributed by atoms with Crippen LogP contribution in [0.15, 0.2) is 53.4 Å². The summed E-state index contributed by atoms with van der Waals surface area (Å²) in [5.74, 6) is -1.29. The predicted molar refractivity (Wildman–Crippen MR) is 100 cm³/mol. The summed E-state index contributed by atoms with van der Waals surface area (Å²) in [7, 11) is 0. The third-order valence-electron chi connectivity index (χ3n) is 3.52. The molecule has 1 amide bonds. The molecule has 2 aromatic carbocycles. The number of carbonyl (C=O) groups is 2. The normalized spacial score (nSPS) is 16.0. The van der Waals surface area contributed by atoms with Gasteiger partial charge in [-0.1, -0.05) is 59.9 Å². The molecule has 24 heavy (non-hydrogen) atoms. The van der Waals surface area contributed by atoms with Gasteiger partial charge in [-0.15, -0.1) is 0 Å². The number of nitrogens with zero attached hydrogens (tertiary/aromatic N) is 1. The predicted octanol–water partition coefficient (Wildman–Crippen LogP) is 4.10. The quantitative estimate of drug-likeness (QED) is 0.663. The van der Waals surface area contributed by atoms with Crippen LogP contribution in [-0.2, 0) is 4.79 Å². The van der Waals surface area contributed by atoms with Crippen molar-refractivity contribution in [1.82, 2.24) is 0 Å². The number of thioether (sulfide) groups is 1. The van der Waals surface area contributed by atoms with E-state index in [-0.39, 0.29) is 11.5 Å². The van der Waals surface area contributed by atoms with E-state index < -0.39 is 5.97 Å². The Morgan fingerprint density at radius 2 is 1.92 bits per heavy atom. The highest BCUT2D eigenvalue weighted by Crippen LogP contribution is 2.36. The lowest BCUT2D eigenvalue weighted by Gasteiger charge is -2.14. The molecular formula is C18H13NO3S2. The van der Waals surface area contributed by atoms with E-state index in [4.69, 9.17) is 17.3 Å². The number of carbonyl (C=O) groups excluding carboxylic acids is 1. The van der Waals surface area contributed by atoms with Gasteiger partial charge in [-0.05, 0) is 36.8 Å². The minimum atomic E-state index is -1.04. The molecule has 0 atom stereocenters. The first-order valence-corrected chi connectivity index (χ1v) is 8.36. The number of benzene rings is 2. The van der Waals surface area contributed by atoms with Gasteiger partial charge in [0.2, 0.25) is 0 Å². The lowest BCUT2D eigenvalue weighted by molar-refractivity contribution is -0.113. The Hall–Kier alpha value is -2.44. The standard InChI is InChI=1S/C18H13NO3S2/c1-11-5-7-12(8-6-11)9-15-16(20)19(18(23)24-15)14-4-2-3-13(10-14)17(21)22/h2-10H,1H3,(H,21,22). The summed E-state index contributed by atoms with van der Waals surface area (Å²) in [4.78, 5) is 25.7.